The van der Waals surface area contributed by atoms with Crippen LogP contribution >= 0.6 is 23.2 Å². The van der Waals surface area contributed by atoms with Crippen molar-refractivity contribution in [2.75, 3.05) is 0 Å². The highest BCUT2D eigenvalue weighted by atomic mass is 35.5. The van der Waals surface area contributed by atoms with E-state index in [4.69, 9.17) is 33.3 Å². The molecule has 0 amide bonds. The van der Waals surface area contributed by atoms with Gasteiger partial charge in [-0.25, -0.2) is 0 Å². The molecule has 0 aliphatic rings. The van der Waals surface area contributed by atoms with E-state index >= 15 is 0 Å². The highest BCUT2D eigenvalue weighted by molar-refractivity contribution is 6.32. The molecule has 0 aliphatic heterocycles. The Bertz CT molecular complexity index is 593. The number of halogens is 2. The second kappa shape index (κ2) is 5.05. The Labute approximate surface area is 108 Å². The molecule has 0 atom stereocenters. The number of ether oxygens (including phenoxy) is 1. The van der Waals surface area contributed by atoms with Gasteiger partial charge < -0.3 is 4.74 Å². The second-order valence-corrected chi connectivity index (χ2v) is 4.09. The van der Waals surface area contributed by atoms with Gasteiger partial charge in [-0.3, -0.25) is 0 Å². The molecule has 0 saturated carbocycles. The molecule has 17 heavy (non-hydrogen) atoms. The zero-order valence-corrected chi connectivity index (χ0v) is 10.1. The van der Waals surface area contributed by atoms with Gasteiger partial charge in [0.2, 0.25) is 11.1 Å². The molecule has 0 radical (unpaired) electrons. The van der Waals surface area contributed by atoms with Crippen molar-refractivity contribution in [1.82, 2.24) is 0 Å². The zero-order valence-electron chi connectivity index (χ0n) is 8.60. The number of rotatable bonds is 2. The van der Waals surface area contributed by atoms with Crippen molar-refractivity contribution >= 4 is 28.9 Å². The number of hydrogen-bond donors (Lipinski definition) is 0. The summed E-state index contributed by atoms with van der Waals surface area (Å²) < 4.78 is 5.54. The van der Waals surface area contributed by atoms with E-state index in [0.717, 1.165) is 0 Å². The Morgan fingerprint density at radius 1 is 1.00 bits per heavy atom. The Morgan fingerprint density at radius 2 is 1.76 bits per heavy atom. The Morgan fingerprint density at radius 3 is 2.47 bits per heavy atom. The summed E-state index contributed by atoms with van der Waals surface area (Å²) in [4.78, 5) is 3.10. The van der Waals surface area contributed by atoms with Crippen molar-refractivity contribution in [3.63, 3.8) is 0 Å². The van der Waals surface area contributed by atoms with Crippen molar-refractivity contribution in [3.8, 4) is 11.5 Å². The molecule has 84 valence electrons. The lowest BCUT2D eigenvalue weighted by Crippen LogP contribution is -1.85. The van der Waals surface area contributed by atoms with Gasteiger partial charge >= 0.3 is 5.69 Å². The van der Waals surface area contributed by atoms with Crippen LogP contribution in [-0.4, -0.2) is 0 Å². The maximum Gasteiger partial charge on any atom is 0.428 e. The lowest BCUT2D eigenvalue weighted by atomic mass is 10.3. The predicted octanol–water partition coefficient (Wildman–Crippen LogP) is 5.27. The lowest BCUT2D eigenvalue weighted by molar-refractivity contribution is 0.485. The molecule has 3 nitrogen and oxygen atoms in total. The van der Waals surface area contributed by atoms with Gasteiger partial charge in [0.05, 0.1) is 11.1 Å². The first-order valence-electron chi connectivity index (χ1n) is 4.78. The lowest BCUT2D eigenvalue weighted by Gasteiger charge is -2.04. The number of para-hydroxylation sites is 1. The fourth-order valence-corrected chi connectivity index (χ4v) is 1.64. The van der Waals surface area contributed by atoms with E-state index in [-0.39, 0.29) is 5.69 Å². The van der Waals surface area contributed by atoms with Gasteiger partial charge in [0, 0.05) is 5.02 Å². The maximum atomic E-state index is 8.84. The summed E-state index contributed by atoms with van der Waals surface area (Å²) in [6.45, 7) is 0. The fourth-order valence-electron chi connectivity index (χ4n) is 1.30. The highest BCUT2D eigenvalue weighted by Gasteiger charge is 2.17. The summed E-state index contributed by atoms with van der Waals surface area (Å²) in [5.74, 6) is 0.867. The van der Waals surface area contributed by atoms with Gasteiger partial charge in [-0.2, -0.15) is 0 Å². The van der Waals surface area contributed by atoms with Crippen LogP contribution in [0.1, 0.15) is 0 Å². The van der Waals surface area contributed by atoms with E-state index in [1.165, 1.54) is 6.07 Å². The van der Waals surface area contributed by atoms with Gasteiger partial charge in [0.15, 0.2) is 4.98 Å². The summed E-state index contributed by atoms with van der Waals surface area (Å²) in [5.41, 5.74) is 0.248. The third-order valence-electron chi connectivity index (χ3n) is 2.09. The summed E-state index contributed by atoms with van der Waals surface area (Å²) in [6, 6.07) is 11.8. The van der Waals surface area contributed by atoms with Gasteiger partial charge in [0.1, 0.15) is 5.75 Å². The van der Waals surface area contributed by atoms with Crippen LogP contribution < -0.4 is 4.74 Å². The minimum absolute atomic E-state index is 0.248. The number of nitrogens with zero attached hydrogens (tertiary/aromatic N) is 2. The SMILES string of the molecule is N#[N+]c1cc(Cl)ccc1Oc1ccccc1Cl. The highest BCUT2D eigenvalue weighted by Crippen LogP contribution is 2.36. The molecule has 2 aromatic rings. The molecule has 0 aromatic heterocycles. The summed E-state index contributed by atoms with van der Waals surface area (Å²) >= 11 is 11.7. The number of benzene rings is 2. The molecule has 2 aromatic carbocycles. The van der Waals surface area contributed by atoms with Gasteiger partial charge in [-0.1, -0.05) is 35.3 Å². The van der Waals surface area contributed by atoms with Crippen LogP contribution in [0.15, 0.2) is 42.5 Å². The summed E-state index contributed by atoms with van der Waals surface area (Å²) in [5, 5.41) is 9.78. The first kappa shape index (κ1) is 11.7. The average Bonchev–Trinajstić information content (AvgIpc) is 2.34. The van der Waals surface area contributed by atoms with E-state index in [1.807, 2.05) is 0 Å². The molecule has 0 spiro atoms. The minimum Gasteiger partial charge on any atom is -0.447 e. The van der Waals surface area contributed by atoms with Crippen LogP contribution in [-0.2, 0) is 0 Å². The van der Waals surface area contributed by atoms with E-state index < -0.39 is 0 Å². The quantitative estimate of drug-likeness (QED) is 0.694. The number of diazo groups is 1. The molecule has 0 aliphatic carbocycles. The molecule has 0 saturated heterocycles. The van der Waals surface area contributed by atoms with Crippen LogP contribution in [0.3, 0.4) is 0 Å². The normalized spacial score (nSPS) is 9.71. The van der Waals surface area contributed by atoms with Gasteiger partial charge in [0.25, 0.3) is 0 Å². The van der Waals surface area contributed by atoms with Gasteiger partial charge in [-0.05, 0) is 24.3 Å². The molecule has 0 unspecified atom stereocenters. The van der Waals surface area contributed by atoms with Crippen LogP contribution in [0.2, 0.25) is 10.0 Å². The van der Waals surface area contributed by atoms with Gasteiger partial charge in [-0.15, -0.1) is 0 Å². The van der Waals surface area contributed by atoms with E-state index in [0.29, 0.717) is 21.5 Å². The smallest absolute Gasteiger partial charge is 0.428 e. The van der Waals surface area contributed by atoms with E-state index in [2.05, 4.69) is 4.98 Å². The van der Waals surface area contributed by atoms with Crippen LogP contribution in [0, 0.1) is 5.39 Å². The molecule has 0 bridgehead atoms. The van der Waals surface area contributed by atoms with Crippen molar-refractivity contribution < 1.29 is 4.74 Å². The van der Waals surface area contributed by atoms with Crippen molar-refractivity contribution in [1.29, 1.82) is 5.39 Å². The van der Waals surface area contributed by atoms with Crippen molar-refractivity contribution in [2.24, 2.45) is 0 Å². The number of hydrogen-bond acceptors (Lipinski definition) is 2. The molecule has 2 rings (SSSR count). The molecule has 0 fully saturated rings. The second-order valence-electron chi connectivity index (χ2n) is 3.24. The maximum absolute atomic E-state index is 8.84. The topological polar surface area (TPSA) is 37.4 Å². The van der Waals surface area contributed by atoms with Crippen molar-refractivity contribution in [3.05, 3.63) is 57.5 Å². The molecule has 5 heteroatoms. The fraction of sp³-hybridized carbons (Fsp3) is 0. The Kier molecular flexibility index (Phi) is 3.48. The van der Waals surface area contributed by atoms with Crippen LogP contribution in [0.25, 0.3) is 4.98 Å². The van der Waals surface area contributed by atoms with E-state index in [9.17, 15) is 0 Å². The average molecular weight is 266 g/mol. The largest absolute Gasteiger partial charge is 0.447 e. The molecule has 0 N–H and O–H groups in total. The predicted molar refractivity (Wildman–Crippen MR) is 67.7 cm³/mol. The first-order chi connectivity index (χ1) is 8.20. The van der Waals surface area contributed by atoms with Crippen LogP contribution in [0.4, 0.5) is 5.69 Å². The summed E-state index contributed by atoms with van der Waals surface area (Å²) in [6.07, 6.45) is 0. The third-order valence-corrected chi connectivity index (χ3v) is 2.63. The minimum atomic E-state index is 0.248. The monoisotopic (exact) mass is 265 g/mol. The molecular formula is C12H7Cl2N2O+. The Balaban J connectivity index is 2.37. The molecular weight excluding hydrogens is 259 g/mol. The zero-order chi connectivity index (χ0) is 12.3. The molecule has 0 heterocycles. The first-order valence-corrected chi connectivity index (χ1v) is 5.53. The van der Waals surface area contributed by atoms with Crippen molar-refractivity contribution in [2.45, 2.75) is 0 Å². The standard InChI is InChI=1S/C12H7Cl2N2O/c13-8-5-6-12(10(7-8)16-15)17-11-4-2-1-3-9(11)14/h1-7H/q+1. The summed E-state index contributed by atoms with van der Waals surface area (Å²) in [7, 11) is 0. The Hall–Kier alpha value is -1.76. The van der Waals surface area contributed by atoms with Crippen LogP contribution in [0.5, 0.6) is 11.5 Å². The van der Waals surface area contributed by atoms with E-state index in [1.54, 1.807) is 36.4 Å². The third kappa shape index (κ3) is 2.68.